The maximum absolute atomic E-state index is 11.8. The number of carboxylic acid groups (broad SMARTS) is 1. The van der Waals surface area contributed by atoms with Gasteiger partial charge in [-0.3, -0.25) is 14.6 Å². The number of carbonyl (C=O) groups excluding carboxylic acids is 2. The molecule has 1 aromatic heterocycles. The minimum Gasteiger partial charge on any atom is -0.480 e. The molecule has 8 heteroatoms. The number of esters is 1. The van der Waals surface area contributed by atoms with Gasteiger partial charge in [0.15, 0.2) is 0 Å². The van der Waals surface area contributed by atoms with Crippen LogP contribution in [0, 0.1) is 0 Å². The molecule has 0 aromatic carbocycles. The van der Waals surface area contributed by atoms with Crippen molar-refractivity contribution < 1.29 is 24.2 Å². The summed E-state index contributed by atoms with van der Waals surface area (Å²) in [6, 6.07) is -1.15. The van der Waals surface area contributed by atoms with Gasteiger partial charge in [-0.25, -0.2) is 4.79 Å². The van der Waals surface area contributed by atoms with Crippen LogP contribution < -0.4 is 5.32 Å². The summed E-state index contributed by atoms with van der Waals surface area (Å²) in [5, 5.41) is 11.4. The summed E-state index contributed by atoms with van der Waals surface area (Å²) in [5.74, 6) is -2.22. The zero-order valence-electron chi connectivity index (χ0n) is 12.1. The van der Waals surface area contributed by atoms with E-state index in [0.717, 1.165) is 11.3 Å². The van der Waals surface area contributed by atoms with Gasteiger partial charge in [0.1, 0.15) is 16.5 Å². The highest BCUT2D eigenvalue weighted by molar-refractivity contribution is 7.11. The molecule has 0 radical (unpaired) electrons. The minimum atomic E-state index is -1.20. The normalized spacial score (nSPS) is 12.5. The Bertz CT molecular complexity index is 507. The van der Waals surface area contributed by atoms with E-state index >= 15 is 0 Å². The number of nitrogens with zero attached hydrogens (tertiary/aromatic N) is 1. The summed E-state index contributed by atoms with van der Waals surface area (Å²) in [5.41, 5.74) is 0.854. The summed E-state index contributed by atoms with van der Waals surface area (Å²) in [4.78, 5) is 38.5. The van der Waals surface area contributed by atoms with Crippen LogP contribution in [-0.2, 0) is 14.3 Å². The smallest absolute Gasteiger partial charge is 0.326 e. The SMILES string of the molecule is CC(C)(C)OC(=O)CC[C@@H](NC(=O)c1cncs1)C(=O)O. The van der Waals surface area contributed by atoms with Gasteiger partial charge in [0, 0.05) is 6.42 Å². The standard InChI is InChI=1S/C13H18N2O5S/c1-13(2,3)20-10(16)5-4-8(12(18)19)15-11(17)9-6-14-7-21-9/h6-8H,4-5H2,1-3H3,(H,15,17)(H,18,19)/t8-/m1/s1. The third-order valence-electron chi connectivity index (χ3n) is 2.32. The maximum atomic E-state index is 11.8. The van der Waals surface area contributed by atoms with Crippen molar-refractivity contribution in [3.63, 3.8) is 0 Å². The van der Waals surface area contributed by atoms with Gasteiger partial charge < -0.3 is 15.2 Å². The minimum absolute atomic E-state index is 0.0329. The van der Waals surface area contributed by atoms with Gasteiger partial charge >= 0.3 is 11.9 Å². The van der Waals surface area contributed by atoms with Crippen LogP contribution in [-0.4, -0.2) is 39.6 Å². The van der Waals surface area contributed by atoms with Crippen molar-refractivity contribution in [2.45, 2.75) is 45.3 Å². The van der Waals surface area contributed by atoms with Gasteiger partial charge in [-0.15, -0.1) is 11.3 Å². The molecule has 1 amide bonds. The average Bonchev–Trinajstić information content (AvgIpc) is 2.85. The first-order valence-corrected chi connectivity index (χ1v) is 7.21. The fourth-order valence-corrected chi connectivity index (χ4v) is 1.99. The molecular weight excluding hydrogens is 296 g/mol. The number of nitrogens with one attached hydrogen (secondary N) is 1. The van der Waals surface area contributed by atoms with Crippen LogP contribution in [0.15, 0.2) is 11.7 Å². The molecule has 1 aromatic rings. The van der Waals surface area contributed by atoms with Crippen LogP contribution in [0.4, 0.5) is 0 Å². The van der Waals surface area contributed by atoms with E-state index < -0.39 is 29.5 Å². The number of aromatic nitrogens is 1. The number of ether oxygens (including phenoxy) is 1. The molecule has 1 heterocycles. The van der Waals surface area contributed by atoms with E-state index in [-0.39, 0.29) is 12.8 Å². The molecule has 0 fully saturated rings. The Kier molecular flexibility index (Phi) is 5.83. The molecule has 1 atom stereocenters. The monoisotopic (exact) mass is 314 g/mol. The molecule has 0 aliphatic rings. The van der Waals surface area contributed by atoms with Gasteiger partial charge in [0.25, 0.3) is 5.91 Å². The van der Waals surface area contributed by atoms with E-state index in [9.17, 15) is 14.4 Å². The van der Waals surface area contributed by atoms with Crippen molar-refractivity contribution in [3.05, 3.63) is 16.6 Å². The van der Waals surface area contributed by atoms with E-state index in [1.807, 2.05) is 0 Å². The highest BCUT2D eigenvalue weighted by Crippen LogP contribution is 2.11. The first-order chi connectivity index (χ1) is 9.69. The Hall–Kier alpha value is -1.96. The summed E-state index contributed by atoms with van der Waals surface area (Å²) in [6.07, 6.45) is 1.23. The Morgan fingerprint density at radius 3 is 2.57 bits per heavy atom. The molecule has 2 N–H and O–H groups in total. The number of hydrogen-bond donors (Lipinski definition) is 2. The molecule has 0 aliphatic heterocycles. The van der Waals surface area contributed by atoms with Crippen LogP contribution in [0.1, 0.15) is 43.3 Å². The first kappa shape index (κ1) is 17.1. The van der Waals surface area contributed by atoms with Crippen molar-refractivity contribution in [3.8, 4) is 0 Å². The summed E-state index contributed by atoms with van der Waals surface area (Å²) in [7, 11) is 0. The van der Waals surface area contributed by atoms with Gasteiger partial charge in [0.2, 0.25) is 0 Å². The molecule has 21 heavy (non-hydrogen) atoms. The number of rotatable bonds is 6. The molecule has 0 aliphatic carbocycles. The third kappa shape index (κ3) is 6.35. The maximum Gasteiger partial charge on any atom is 0.326 e. The lowest BCUT2D eigenvalue weighted by molar-refractivity contribution is -0.155. The zero-order chi connectivity index (χ0) is 16.0. The van der Waals surface area contributed by atoms with Crippen LogP contribution in [0.25, 0.3) is 0 Å². The molecule has 7 nitrogen and oxygen atoms in total. The number of carboxylic acids is 1. The second-order valence-corrected chi connectivity index (χ2v) is 6.24. The van der Waals surface area contributed by atoms with Crippen molar-refractivity contribution in [2.24, 2.45) is 0 Å². The van der Waals surface area contributed by atoms with Gasteiger partial charge in [-0.05, 0) is 27.2 Å². The quantitative estimate of drug-likeness (QED) is 0.770. The predicted molar refractivity (Wildman–Crippen MR) is 76.1 cm³/mol. The number of aliphatic carboxylic acids is 1. The Morgan fingerprint density at radius 1 is 1.43 bits per heavy atom. The zero-order valence-corrected chi connectivity index (χ0v) is 12.9. The van der Waals surface area contributed by atoms with Gasteiger partial charge in [0.05, 0.1) is 11.7 Å². The molecule has 0 saturated heterocycles. The number of thiazole rings is 1. The lowest BCUT2D eigenvalue weighted by atomic mass is 10.1. The van der Waals surface area contributed by atoms with E-state index in [1.165, 1.54) is 11.7 Å². The van der Waals surface area contributed by atoms with E-state index in [2.05, 4.69) is 10.3 Å². The average molecular weight is 314 g/mol. The van der Waals surface area contributed by atoms with Crippen molar-refractivity contribution >= 4 is 29.2 Å². The van der Waals surface area contributed by atoms with Gasteiger partial charge in [-0.2, -0.15) is 0 Å². The first-order valence-electron chi connectivity index (χ1n) is 6.33. The summed E-state index contributed by atoms with van der Waals surface area (Å²) in [6.45, 7) is 5.18. The second kappa shape index (κ2) is 7.16. The van der Waals surface area contributed by atoms with Crippen LogP contribution in [0.3, 0.4) is 0 Å². The summed E-state index contributed by atoms with van der Waals surface area (Å²) >= 11 is 1.11. The Labute approximate surface area is 126 Å². The second-order valence-electron chi connectivity index (χ2n) is 5.36. The molecule has 116 valence electrons. The molecule has 1 rings (SSSR count). The van der Waals surface area contributed by atoms with Crippen molar-refractivity contribution in [1.29, 1.82) is 0 Å². The lowest BCUT2D eigenvalue weighted by Gasteiger charge is -2.20. The predicted octanol–water partition coefficient (Wildman–Crippen LogP) is 1.45. The fourth-order valence-electron chi connectivity index (χ4n) is 1.47. The van der Waals surface area contributed by atoms with E-state index in [4.69, 9.17) is 9.84 Å². The third-order valence-corrected chi connectivity index (χ3v) is 3.09. The van der Waals surface area contributed by atoms with Crippen LogP contribution in [0.5, 0.6) is 0 Å². The van der Waals surface area contributed by atoms with E-state index in [0.29, 0.717) is 4.88 Å². The summed E-state index contributed by atoms with van der Waals surface area (Å²) < 4.78 is 5.09. The largest absolute Gasteiger partial charge is 0.480 e. The lowest BCUT2D eigenvalue weighted by Crippen LogP contribution is -2.41. The highest BCUT2D eigenvalue weighted by Gasteiger charge is 2.24. The fraction of sp³-hybridized carbons (Fsp3) is 0.538. The molecule has 0 unspecified atom stereocenters. The van der Waals surface area contributed by atoms with Crippen LogP contribution in [0.2, 0.25) is 0 Å². The topological polar surface area (TPSA) is 106 Å². The molecule has 0 spiro atoms. The number of carbonyl (C=O) groups is 3. The van der Waals surface area contributed by atoms with Crippen LogP contribution >= 0.6 is 11.3 Å². The Morgan fingerprint density at radius 2 is 2.10 bits per heavy atom. The highest BCUT2D eigenvalue weighted by atomic mass is 32.1. The molecular formula is C13H18N2O5S. The Balaban J connectivity index is 2.53. The number of amides is 1. The number of hydrogen-bond acceptors (Lipinski definition) is 6. The van der Waals surface area contributed by atoms with E-state index in [1.54, 1.807) is 20.8 Å². The van der Waals surface area contributed by atoms with Crippen molar-refractivity contribution in [1.82, 2.24) is 10.3 Å². The van der Waals surface area contributed by atoms with Crippen molar-refractivity contribution in [2.75, 3.05) is 0 Å². The van der Waals surface area contributed by atoms with Gasteiger partial charge in [-0.1, -0.05) is 0 Å². The molecule has 0 bridgehead atoms. The molecule has 0 saturated carbocycles.